The van der Waals surface area contributed by atoms with Crippen molar-refractivity contribution < 1.29 is 13.2 Å². The van der Waals surface area contributed by atoms with Crippen molar-refractivity contribution in [3.63, 3.8) is 0 Å². The predicted molar refractivity (Wildman–Crippen MR) is 121 cm³/mol. The van der Waals surface area contributed by atoms with Gasteiger partial charge in [-0.3, -0.25) is 4.79 Å². The zero-order chi connectivity index (χ0) is 22.4. The first-order valence-corrected chi connectivity index (χ1v) is 11.8. The van der Waals surface area contributed by atoms with Gasteiger partial charge in [-0.2, -0.15) is 5.10 Å². The minimum atomic E-state index is -3.69. The Morgan fingerprint density at radius 1 is 1.06 bits per heavy atom. The molecule has 3 rings (SSSR count). The molecule has 0 saturated heterocycles. The number of benzene rings is 2. The van der Waals surface area contributed by atoms with E-state index in [1.807, 2.05) is 48.9 Å². The average molecular weight is 461 g/mol. The van der Waals surface area contributed by atoms with Gasteiger partial charge in [-0.05, 0) is 62.2 Å². The molecule has 0 unspecified atom stereocenters. The highest BCUT2D eigenvalue weighted by molar-refractivity contribution is 7.89. The molecule has 2 aromatic carbocycles. The Balaban J connectivity index is 1.41. The number of nitrogens with zero attached hydrogens (tertiary/aromatic N) is 2. The quantitative estimate of drug-likeness (QED) is 0.513. The second-order valence-electron chi connectivity index (χ2n) is 7.21. The summed E-state index contributed by atoms with van der Waals surface area (Å²) in [6.45, 7) is 4.46. The minimum Gasteiger partial charge on any atom is -0.356 e. The van der Waals surface area contributed by atoms with E-state index >= 15 is 0 Å². The number of sulfonamides is 1. The van der Waals surface area contributed by atoms with Gasteiger partial charge in [0.1, 0.15) is 0 Å². The lowest BCUT2D eigenvalue weighted by molar-refractivity contribution is -0.120. The summed E-state index contributed by atoms with van der Waals surface area (Å²) in [4.78, 5) is 12.1. The maximum absolute atomic E-state index is 12.2. The van der Waals surface area contributed by atoms with Gasteiger partial charge >= 0.3 is 0 Å². The Kier molecular flexibility index (Phi) is 7.48. The van der Waals surface area contributed by atoms with E-state index in [1.54, 1.807) is 12.1 Å². The van der Waals surface area contributed by atoms with Crippen LogP contribution in [0.2, 0.25) is 5.02 Å². The molecule has 2 N–H and O–H groups in total. The van der Waals surface area contributed by atoms with Gasteiger partial charge in [0, 0.05) is 30.2 Å². The summed E-state index contributed by atoms with van der Waals surface area (Å²) in [6, 6.07) is 16.0. The monoisotopic (exact) mass is 460 g/mol. The largest absolute Gasteiger partial charge is 0.356 e. The lowest BCUT2D eigenvalue weighted by Crippen LogP contribution is -2.31. The number of rotatable bonds is 9. The van der Waals surface area contributed by atoms with Crippen LogP contribution in [0, 0.1) is 13.8 Å². The zero-order valence-electron chi connectivity index (χ0n) is 17.4. The van der Waals surface area contributed by atoms with Crippen LogP contribution in [-0.2, 0) is 21.2 Å². The Bertz CT molecular complexity index is 1160. The van der Waals surface area contributed by atoms with E-state index in [2.05, 4.69) is 15.1 Å². The van der Waals surface area contributed by atoms with Gasteiger partial charge in [0.25, 0.3) is 0 Å². The van der Waals surface area contributed by atoms with Gasteiger partial charge in [-0.1, -0.05) is 29.8 Å². The average Bonchev–Trinajstić information content (AvgIpc) is 3.06. The number of hydrogen-bond donors (Lipinski definition) is 2. The lowest BCUT2D eigenvalue weighted by Gasteiger charge is -2.09. The van der Waals surface area contributed by atoms with E-state index in [1.165, 1.54) is 12.1 Å². The number of amides is 1. The van der Waals surface area contributed by atoms with Gasteiger partial charge < -0.3 is 5.32 Å². The van der Waals surface area contributed by atoms with Crippen LogP contribution in [0.25, 0.3) is 5.69 Å². The number of aromatic nitrogens is 2. The molecular formula is C22H25ClN4O3S. The van der Waals surface area contributed by atoms with Crippen molar-refractivity contribution >= 4 is 27.5 Å². The highest BCUT2D eigenvalue weighted by Crippen LogP contribution is 2.15. The fraction of sp³-hybridized carbons (Fsp3) is 0.273. The molecule has 0 spiro atoms. The summed E-state index contributed by atoms with van der Waals surface area (Å²) in [5, 5.41) is 7.62. The Hall–Kier alpha value is -2.68. The normalized spacial score (nSPS) is 11.5. The Morgan fingerprint density at radius 2 is 1.81 bits per heavy atom. The molecule has 3 aromatic rings. The van der Waals surface area contributed by atoms with E-state index in [9.17, 15) is 13.2 Å². The lowest BCUT2D eigenvalue weighted by atomic mass is 10.1. The van der Waals surface area contributed by atoms with Crippen LogP contribution in [-0.4, -0.2) is 37.2 Å². The molecule has 164 valence electrons. The zero-order valence-corrected chi connectivity index (χ0v) is 19.0. The third-order valence-corrected chi connectivity index (χ3v) is 6.37. The van der Waals surface area contributed by atoms with Crippen molar-refractivity contribution in [2.75, 3.05) is 13.1 Å². The molecule has 0 aliphatic carbocycles. The molecule has 0 atom stereocenters. The van der Waals surface area contributed by atoms with E-state index in [4.69, 9.17) is 11.6 Å². The molecule has 0 aliphatic heterocycles. The topological polar surface area (TPSA) is 93.1 Å². The number of aryl methyl sites for hydroxylation is 2. The van der Waals surface area contributed by atoms with Gasteiger partial charge in [0.2, 0.25) is 15.9 Å². The van der Waals surface area contributed by atoms with Gasteiger partial charge in [0.15, 0.2) is 0 Å². The Morgan fingerprint density at radius 3 is 2.45 bits per heavy atom. The third kappa shape index (κ3) is 6.40. The van der Waals surface area contributed by atoms with Crippen LogP contribution in [0.15, 0.2) is 59.5 Å². The summed E-state index contributed by atoms with van der Waals surface area (Å²) in [7, 11) is -3.69. The van der Waals surface area contributed by atoms with Crippen molar-refractivity contribution in [3.8, 4) is 5.69 Å². The molecule has 1 heterocycles. The molecule has 9 heteroatoms. The first-order valence-electron chi connectivity index (χ1n) is 9.89. The SMILES string of the molecule is Cc1cc(C)n(-c2ccc(CCNC(=O)CCNS(=O)(=O)c3cccc(Cl)c3)cc2)n1. The smallest absolute Gasteiger partial charge is 0.240 e. The number of hydrogen-bond acceptors (Lipinski definition) is 4. The van der Waals surface area contributed by atoms with Crippen molar-refractivity contribution in [3.05, 3.63) is 76.6 Å². The molecule has 0 aliphatic rings. The van der Waals surface area contributed by atoms with E-state index in [0.717, 1.165) is 22.6 Å². The Labute approximate surface area is 187 Å². The van der Waals surface area contributed by atoms with Crippen LogP contribution in [0.3, 0.4) is 0 Å². The summed E-state index contributed by atoms with van der Waals surface area (Å²) >= 11 is 5.83. The van der Waals surface area contributed by atoms with E-state index in [0.29, 0.717) is 18.0 Å². The summed E-state index contributed by atoms with van der Waals surface area (Å²) in [6.07, 6.45) is 0.730. The molecule has 0 radical (unpaired) electrons. The van der Waals surface area contributed by atoms with Gasteiger partial charge in [-0.15, -0.1) is 0 Å². The minimum absolute atomic E-state index is 0.0119. The molecule has 31 heavy (non-hydrogen) atoms. The molecular weight excluding hydrogens is 436 g/mol. The molecule has 0 saturated carbocycles. The van der Waals surface area contributed by atoms with Gasteiger partial charge in [-0.25, -0.2) is 17.8 Å². The fourth-order valence-electron chi connectivity index (χ4n) is 3.15. The summed E-state index contributed by atoms with van der Waals surface area (Å²) in [5.74, 6) is -0.215. The van der Waals surface area contributed by atoms with Crippen molar-refractivity contribution in [1.29, 1.82) is 0 Å². The van der Waals surface area contributed by atoms with Crippen LogP contribution in [0.5, 0.6) is 0 Å². The highest BCUT2D eigenvalue weighted by Gasteiger charge is 2.14. The van der Waals surface area contributed by atoms with E-state index in [-0.39, 0.29) is 23.8 Å². The molecule has 1 aromatic heterocycles. The predicted octanol–water partition coefficient (Wildman–Crippen LogP) is 3.17. The highest BCUT2D eigenvalue weighted by atomic mass is 35.5. The summed E-state index contributed by atoms with van der Waals surface area (Å²) in [5.41, 5.74) is 4.13. The van der Waals surface area contributed by atoms with Crippen molar-refractivity contribution in [2.45, 2.75) is 31.6 Å². The van der Waals surface area contributed by atoms with E-state index < -0.39 is 10.0 Å². The van der Waals surface area contributed by atoms with Crippen LogP contribution >= 0.6 is 11.6 Å². The maximum atomic E-state index is 12.2. The number of carbonyl (C=O) groups excluding carboxylic acids is 1. The number of halogens is 1. The standard InChI is InChI=1S/C22H25ClN4O3S/c1-16-14-17(2)27(26-16)20-8-6-18(7-9-20)10-12-24-22(28)11-13-25-31(29,30)21-5-3-4-19(23)15-21/h3-9,14-15,25H,10-13H2,1-2H3,(H,24,28). The molecule has 7 nitrogen and oxygen atoms in total. The molecule has 0 fully saturated rings. The first-order chi connectivity index (χ1) is 14.7. The number of nitrogens with one attached hydrogen (secondary N) is 2. The first kappa shape index (κ1) is 23.0. The second-order valence-corrected chi connectivity index (χ2v) is 9.41. The van der Waals surface area contributed by atoms with Crippen LogP contribution in [0.1, 0.15) is 23.4 Å². The maximum Gasteiger partial charge on any atom is 0.240 e. The van der Waals surface area contributed by atoms with Gasteiger partial charge in [0.05, 0.1) is 16.3 Å². The van der Waals surface area contributed by atoms with Crippen LogP contribution < -0.4 is 10.0 Å². The number of carbonyl (C=O) groups is 1. The van der Waals surface area contributed by atoms with Crippen LogP contribution in [0.4, 0.5) is 0 Å². The second kappa shape index (κ2) is 10.1. The third-order valence-electron chi connectivity index (χ3n) is 4.68. The molecule has 1 amide bonds. The summed E-state index contributed by atoms with van der Waals surface area (Å²) < 4.78 is 28.7. The van der Waals surface area contributed by atoms with Crippen molar-refractivity contribution in [1.82, 2.24) is 19.8 Å². The molecule has 0 bridgehead atoms. The van der Waals surface area contributed by atoms with Crippen molar-refractivity contribution in [2.24, 2.45) is 0 Å². The fourth-order valence-corrected chi connectivity index (χ4v) is 4.48.